The molecule has 0 aliphatic heterocycles. The largest absolute Gasteiger partial charge is 0.481 e. The van der Waals surface area contributed by atoms with Crippen LogP contribution in [0.25, 0.3) is 0 Å². The van der Waals surface area contributed by atoms with Crippen LogP contribution in [0.15, 0.2) is 0 Å². The smallest absolute Gasteiger partial charge is 0.303 e. The summed E-state index contributed by atoms with van der Waals surface area (Å²) in [7, 11) is 2.42. The maximum Gasteiger partial charge on any atom is 0.303 e. The van der Waals surface area contributed by atoms with Crippen molar-refractivity contribution in [3.05, 3.63) is 0 Å². The van der Waals surface area contributed by atoms with Gasteiger partial charge in [-0.05, 0) is 0 Å². The number of rotatable bonds is 3. The van der Waals surface area contributed by atoms with Crippen LogP contribution >= 0.6 is 9.24 Å². The van der Waals surface area contributed by atoms with Crippen LogP contribution in [0.5, 0.6) is 0 Å². The van der Waals surface area contributed by atoms with Crippen LogP contribution in [-0.2, 0) is 9.59 Å². The molecule has 4 nitrogen and oxygen atoms in total. The summed E-state index contributed by atoms with van der Waals surface area (Å²) in [5.74, 6) is -1.57. The number of hydrogen-bond acceptors (Lipinski definition) is 2. The van der Waals surface area contributed by atoms with E-state index in [0.717, 1.165) is 0 Å². The van der Waals surface area contributed by atoms with Gasteiger partial charge in [-0.1, -0.05) is 6.66 Å². The molecule has 0 aromatic carbocycles. The second-order valence-corrected chi connectivity index (χ2v) is 1.36. The minimum absolute atomic E-state index is 0.0741. The summed E-state index contributed by atoms with van der Waals surface area (Å²) < 4.78 is 0. The SMILES string of the molecule is CP.NC(=O)CCC(=O)O. The summed E-state index contributed by atoms with van der Waals surface area (Å²) in [6, 6.07) is 0. The Morgan fingerprint density at radius 1 is 1.40 bits per heavy atom. The normalized spacial score (nSPS) is 7.40. The Balaban J connectivity index is 0. The fourth-order valence-electron chi connectivity index (χ4n) is 0.230. The van der Waals surface area contributed by atoms with Gasteiger partial charge in [-0.25, -0.2) is 0 Å². The van der Waals surface area contributed by atoms with Crippen molar-refractivity contribution in [2.45, 2.75) is 12.8 Å². The van der Waals surface area contributed by atoms with E-state index in [0.29, 0.717) is 0 Å². The van der Waals surface area contributed by atoms with E-state index in [2.05, 4.69) is 15.0 Å². The Kier molecular flexibility index (Phi) is 10.1. The third-order valence-corrected chi connectivity index (χ3v) is 0.585. The van der Waals surface area contributed by atoms with Gasteiger partial charge in [0.05, 0.1) is 6.42 Å². The molecule has 0 heterocycles. The van der Waals surface area contributed by atoms with Gasteiger partial charge in [0.2, 0.25) is 5.91 Å². The molecule has 0 fully saturated rings. The zero-order chi connectivity index (χ0) is 8.57. The predicted octanol–water partition coefficient (Wildman–Crippen LogP) is -0.172. The van der Waals surface area contributed by atoms with E-state index in [-0.39, 0.29) is 12.8 Å². The topological polar surface area (TPSA) is 80.4 Å². The number of carboxylic acids is 1. The monoisotopic (exact) mass is 165 g/mol. The first-order chi connectivity index (χ1) is 4.63. The highest BCUT2D eigenvalue weighted by Gasteiger charge is 1.98. The van der Waals surface area contributed by atoms with Gasteiger partial charge in [0, 0.05) is 6.42 Å². The maximum absolute atomic E-state index is 9.86. The van der Waals surface area contributed by atoms with Crippen molar-refractivity contribution in [3.8, 4) is 0 Å². The summed E-state index contributed by atoms with van der Waals surface area (Å²) in [6.45, 7) is 1.92. The lowest BCUT2D eigenvalue weighted by atomic mass is 10.3. The van der Waals surface area contributed by atoms with E-state index in [4.69, 9.17) is 5.11 Å². The molecule has 1 unspecified atom stereocenters. The van der Waals surface area contributed by atoms with Gasteiger partial charge in [-0.2, -0.15) is 0 Å². The first-order valence-corrected chi connectivity index (χ1v) is 3.86. The molecule has 1 amide bonds. The predicted molar refractivity (Wildman–Crippen MR) is 41.7 cm³/mol. The van der Waals surface area contributed by atoms with E-state index in [9.17, 15) is 9.59 Å². The van der Waals surface area contributed by atoms with Crippen molar-refractivity contribution in [3.63, 3.8) is 0 Å². The van der Waals surface area contributed by atoms with Crippen LogP contribution in [0.3, 0.4) is 0 Å². The molecule has 0 aliphatic carbocycles. The molecule has 0 aromatic heterocycles. The number of amides is 1. The molecule has 1 atom stereocenters. The number of carboxylic acid groups (broad SMARTS) is 1. The first-order valence-electron chi connectivity index (χ1n) is 2.70. The number of hydrogen-bond donors (Lipinski definition) is 2. The average Bonchev–Trinajstić information content (AvgIpc) is 1.89. The fraction of sp³-hybridized carbons (Fsp3) is 0.600. The van der Waals surface area contributed by atoms with E-state index in [1.165, 1.54) is 0 Å². The molecule has 0 bridgehead atoms. The molecule has 10 heavy (non-hydrogen) atoms. The molecule has 3 N–H and O–H groups in total. The second kappa shape index (κ2) is 8.37. The molecule has 0 spiro atoms. The molecular weight excluding hydrogens is 153 g/mol. The number of aliphatic carboxylic acids is 1. The van der Waals surface area contributed by atoms with Gasteiger partial charge in [0.15, 0.2) is 0 Å². The third-order valence-electron chi connectivity index (χ3n) is 0.585. The number of nitrogens with two attached hydrogens (primary N) is 1. The van der Waals surface area contributed by atoms with Crippen LogP contribution in [0.2, 0.25) is 0 Å². The fourth-order valence-corrected chi connectivity index (χ4v) is 0.230. The highest BCUT2D eigenvalue weighted by molar-refractivity contribution is 7.15. The lowest BCUT2D eigenvalue weighted by Gasteiger charge is -1.86. The zero-order valence-corrected chi connectivity index (χ0v) is 6.99. The van der Waals surface area contributed by atoms with Crippen LogP contribution in [-0.4, -0.2) is 23.6 Å². The van der Waals surface area contributed by atoms with E-state index >= 15 is 0 Å². The van der Waals surface area contributed by atoms with Crippen molar-refractivity contribution >= 4 is 21.1 Å². The number of primary amides is 1. The number of carbonyl (C=O) groups excluding carboxylic acids is 1. The van der Waals surface area contributed by atoms with Crippen molar-refractivity contribution in [1.82, 2.24) is 0 Å². The number of carbonyl (C=O) groups is 2. The molecule has 0 saturated carbocycles. The zero-order valence-electron chi connectivity index (χ0n) is 5.83. The van der Waals surface area contributed by atoms with Gasteiger partial charge in [0.1, 0.15) is 0 Å². The first kappa shape index (κ1) is 12.1. The molecular formula is C5H12NO3P. The van der Waals surface area contributed by atoms with Gasteiger partial charge in [-0.3, -0.25) is 9.59 Å². The minimum atomic E-state index is -0.996. The highest BCUT2D eigenvalue weighted by atomic mass is 31.0. The van der Waals surface area contributed by atoms with Gasteiger partial charge in [0.25, 0.3) is 0 Å². The molecule has 0 saturated heterocycles. The molecule has 0 radical (unpaired) electrons. The highest BCUT2D eigenvalue weighted by Crippen LogP contribution is 1.84. The van der Waals surface area contributed by atoms with Crippen LogP contribution in [0.4, 0.5) is 0 Å². The lowest BCUT2D eigenvalue weighted by molar-refractivity contribution is -0.138. The van der Waals surface area contributed by atoms with E-state index < -0.39 is 11.9 Å². The van der Waals surface area contributed by atoms with Gasteiger partial charge >= 0.3 is 5.97 Å². The molecule has 60 valence electrons. The average molecular weight is 165 g/mol. The third kappa shape index (κ3) is 15.7. The van der Waals surface area contributed by atoms with Crippen molar-refractivity contribution < 1.29 is 14.7 Å². The Labute approximate surface area is 62.0 Å². The molecule has 0 aromatic rings. The standard InChI is InChI=1S/C4H7NO3.CH5P/c5-3(6)1-2-4(7)8;1-2/h1-2H2,(H2,5,6)(H,7,8);2H2,1H3. The lowest BCUT2D eigenvalue weighted by Crippen LogP contribution is -2.12. The van der Waals surface area contributed by atoms with E-state index in [1.807, 2.05) is 6.66 Å². The Hall–Kier alpha value is -0.630. The van der Waals surface area contributed by atoms with Gasteiger partial charge in [-0.15, -0.1) is 9.24 Å². The van der Waals surface area contributed by atoms with Crippen LogP contribution in [0.1, 0.15) is 12.8 Å². The summed E-state index contributed by atoms with van der Waals surface area (Å²) in [5.41, 5.74) is 4.64. The Bertz CT molecular complexity index is 101. The van der Waals surface area contributed by atoms with Crippen molar-refractivity contribution in [1.29, 1.82) is 0 Å². The minimum Gasteiger partial charge on any atom is -0.481 e. The summed E-state index contributed by atoms with van der Waals surface area (Å²) >= 11 is 0. The second-order valence-electron chi connectivity index (χ2n) is 1.36. The summed E-state index contributed by atoms with van der Waals surface area (Å²) in [4.78, 5) is 19.6. The van der Waals surface area contributed by atoms with Gasteiger partial charge < -0.3 is 10.8 Å². The molecule has 5 heteroatoms. The molecule has 0 rings (SSSR count). The summed E-state index contributed by atoms with van der Waals surface area (Å²) in [6.07, 6.45) is -0.245. The van der Waals surface area contributed by atoms with Crippen molar-refractivity contribution in [2.75, 3.05) is 6.66 Å². The maximum atomic E-state index is 9.86. The Morgan fingerprint density at radius 2 is 1.80 bits per heavy atom. The quantitative estimate of drug-likeness (QED) is 0.569. The summed E-state index contributed by atoms with van der Waals surface area (Å²) in [5, 5.41) is 7.95. The van der Waals surface area contributed by atoms with Crippen molar-refractivity contribution in [2.24, 2.45) is 5.73 Å². The van der Waals surface area contributed by atoms with Crippen LogP contribution in [0, 0.1) is 0 Å². The van der Waals surface area contributed by atoms with E-state index in [1.54, 1.807) is 0 Å². The Morgan fingerprint density at radius 3 is 1.90 bits per heavy atom. The molecule has 0 aliphatic rings. The van der Waals surface area contributed by atoms with Crippen LogP contribution < -0.4 is 5.73 Å².